The van der Waals surface area contributed by atoms with E-state index in [1.54, 1.807) is 30.3 Å². The molecule has 22 heavy (non-hydrogen) atoms. The number of benzene rings is 1. The molecule has 0 aliphatic carbocycles. The Labute approximate surface area is 127 Å². The molecule has 2 atom stereocenters. The van der Waals surface area contributed by atoms with Crippen LogP contribution < -0.4 is 10.6 Å². The number of hydrogen-bond acceptors (Lipinski definition) is 7. The summed E-state index contributed by atoms with van der Waals surface area (Å²) >= 11 is 0. The molecule has 0 saturated carbocycles. The van der Waals surface area contributed by atoms with Gasteiger partial charge in [-0.15, -0.1) is 10.2 Å². The van der Waals surface area contributed by atoms with Crippen LogP contribution in [0.25, 0.3) is 11.3 Å². The van der Waals surface area contributed by atoms with E-state index >= 15 is 0 Å². The number of phenols is 1. The van der Waals surface area contributed by atoms with Gasteiger partial charge in [0.1, 0.15) is 5.75 Å². The normalized spacial score (nSPS) is 21.8. The highest BCUT2D eigenvalue weighted by Gasteiger charge is 2.27. The van der Waals surface area contributed by atoms with Gasteiger partial charge in [0, 0.05) is 18.7 Å². The quantitative estimate of drug-likeness (QED) is 0.633. The standard InChI is InChI=1S/C15H18N4O3/c16-15-11(19-6-5-13(21)14(22)8-19)7-10(17-18-15)9-3-1-2-4-12(9)20/h1-4,7,13-14,20-22H,5-6,8H2,(H2,16,18)/t13-,14+/m1/s1. The molecule has 3 rings (SSSR count). The van der Waals surface area contributed by atoms with Crippen molar-refractivity contribution in [2.24, 2.45) is 0 Å². The third kappa shape index (κ3) is 2.68. The van der Waals surface area contributed by atoms with Crippen molar-refractivity contribution in [3.63, 3.8) is 0 Å². The number of anilines is 2. The first kappa shape index (κ1) is 14.6. The Bertz CT molecular complexity index is 680. The van der Waals surface area contributed by atoms with Gasteiger partial charge in [-0.1, -0.05) is 12.1 Å². The predicted molar refractivity (Wildman–Crippen MR) is 82.4 cm³/mol. The summed E-state index contributed by atoms with van der Waals surface area (Å²) in [6.07, 6.45) is -1.09. The molecular weight excluding hydrogens is 284 g/mol. The zero-order chi connectivity index (χ0) is 15.7. The Morgan fingerprint density at radius 2 is 1.91 bits per heavy atom. The Hall–Kier alpha value is -2.38. The second-order valence-corrected chi connectivity index (χ2v) is 5.39. The third-order valence-corrected chi connectivity index (χ3v) is 3.87. The van der Waals surface area contributed by atoms with Crippen LogP contribution in [0.5, 0.6) is 5.75 Å². The van der Waals surface area contributed by atoms with Gasteiger partial charge in [0.25, 0.3) is 0 Å². The van der Waals surface area contributed by atoms with E-state index in [-0.39, 0.29) is 18.1 Å². The molecule has 1 saturated heterocycles. The maximum atomic E-state index is 9.93. The Morgan fingerprint density at radius 3 is 2.64 bits per heavy atom. The zero-order valence-corrected chi connectivity index (χ0v) is 11.9. The minimum atomic E-state index is -0.824. The zero-order valence-electron chi connectivity index (χ0n) is 11.9. The Morgan fingerprint density at radius 1 is 1.14 bits per heavy atom. The summed E-state index contributed by atoms with van der Waals surface area (Å²) in [6.45, 7) is 0.839. The van der Waals surface area contributed by atoms with E-state index in [1.165, 1.54) is 0 Å². The number of hydrogen-bond donors (Lipinski definition) is 4. The van der Waals surface area contributed by atoms with Crippen LogP contribution >= 0.6 is 0 Å². The van der Waals surface area contributed by atoms with Gasteiger partial charge in [-0.05, 0) is 24.6 Å². The van der Waals surface area contributed by atoms with Crippen molar-refractivity contribution in [3.05, 3.63) is 30.3 Å². The smallest absolute Gasteiger partial charge is 0.169 e. The molecule has 0 amide bonds. The molecule has 116 valence electrons. The van der Waals surface area contributed by atoms with E-state index < -0.39 is 12.2 Å². The second-order valence-electron chi connectivity index (χ2n) is 5.39. The number of aromatic hydroxyl groups is 1. The number of para-hydroxylation sites is 1. The lowest BCUT2D eigenvalue weighted by Crippen LogP contribution is -2.47. The number of aliphatic hydroxyl groups excluding tert-OH is 2. The third-order valence-electron chi connectivity index (χ3n) is 3.87. The molecule has 1 fully saturated rings. The number of rotatable bonds is 2. The van der Waals surface area contributed by atoms with Crippen LogP contribution in [-0.2, 0) is 0 Å². The summed E-state index contributed by atoms with van der Waals surface area (Å²) in [5.74, 6) is 0.365. The van der Waals surface area contributed by atoms with Crippen molar-refractivity contribution in [3.8, 4) is 17.0 Å². The summed E-state index contributed by atoms with van der Waals surface area (Å²) in [4.78, 5) is 1.87. The number of β-amino-alcohol motifs (C(OH)–C–C–N with tert-alkyl or cyclic N) is 1. The fraction of sp³-hybridized carbons (Fsp3) is 0.333. The molecule has 1 aliphatic heterocycles. The molecule has 0 spiro atoms. The minimum absolute atomic E-state index is 0.113. The molecule has 0 bridgehead atoms. The molecule has 1 aromatic carbocycles. The van der Waals surface area contributed by atoms with Gasteiger partial charge in [0.15, 0.2) is 5.82 Å². The van der Waals surface area contributed by atoms with E-state index in [0.29, 0.717) is 29.9 Å². The average Bonchev–Trinajstić information content (AvgIpc) is 2.51. The molecule has 7 heteroatoms. The molecular formula is C15H18N4O3. The van der Waals surface area contributed by atoms with E-state index in [1.807, 2.05) is 4.90 Å². The maximum absolute atomic E-state index is 9.93. The lowest BCUT2D eigenvalue weighted by molar-refractivity contribution is 0.00804. The highest BCUT2D eigenvalue weighted by molar-refractivity contribution is 5.74. The first-order chi connectivity index (χ1) is 10.6. The summed E-state index contributed by atoms with van der Waals surface area (Å²) in [5.41, 5.74) is 7.60. The summed E-state index contributed by atoms with van der Waals surface area (Å²) < 4.78 is 0. The van der Waals surface area contributed by atoms with Crippen molar-refractivity contribution >= 4 is 11.5 Å². The van der Waals surface area contributed by atoms with Gasteiger partial charge in [-0.3, -0.25) is 0 Å². The van der Waals surface area contributed by atoms with Crippen molar-refractivity contribution < 1.29 is 15.3 Å². The van der Waals surface area contributed by atoms with Gasteiger partial charge in [-0.25, -0.2) is 0 Å². The van der Waals surface area contributed by atoms with Crippen LogP contribution in [0.4, 0.5) is 11.5 Å². The fourth-order valence-corrected chi connectivity index (χ4v) is 2.60. The number of phenolic OH excluding ortho intramolecular Hbond substituents is 1. The van der Waals surface area contributed by atoms with E-state index in [2.05, 4.69) is 10.2 Å². The fourth-order valence-electron chi connectivity index (χ4n) is 2.60. The van der Waals surface area contributed by atoms with Gasteiger partial charge in [0.2, 0.25) is 0 Å². The Balaban J connectivity index is 1.96. The molecule has 0 unspecified atom stereocenters. The van der Waals surface area contributed by atoms with Crippen molar-refractivity contribution in [1.82, 2.24) is 10.2 Å². The van der Waals surface area contributed by atoms with E-state index in [9.17, 15) is 15.3 Å². The van der Waals surface area contributed by atoms with Crippen molar-refractivity contribution in [2.75, 3.05) is 23.7 Å². The lowest BCUT2D eigenvalue weighted by Gasteiger charge is -2.35. The maximum Gasteiger partial charge on any atom is 0.169 e. The van der Waals surface area contributed by atoms with Crippen LogP contribution in [0.15, 0.2) is 30.3 Å². The number of nitrogen functional groups attached to an aromatic ring is 1. The summed E-state index contributed by atoms with van der Waals surface area (Å²) in [7, 11) is 0. The summed E-state index contributed by atoms with van der Waals surface area (Å²) in [5, 5.41) is 37.3. The van der Waals surface area contributed by atoms with E-state index in [0.717, 1.165) is 0 Å². The van der Waals surface area contributed by atoms with Gasteiger partial charge in [-0.2, -0.15) is 0 Å². The lowest BCUT2D eigenvalue weighted by atomic mass is 10.0. The number of piperidine rings is 1. The van der Waals surface area contributed by atoms with Crippen molar-refractivity contribution in [1.29, 1.82) is 0 Å². The second kappa shape index (κ2) is 5.78. The number of nitrogens with zero attached hydrogens (tertiary/aromatic N) is 3. The SMILES string of the molecule is Nc1nnc(-c2ccccc2O)cc1N1CC[C@@H](O)[C@@H](O)C1. The molecule has 7 nitrogen and oxygen atoms in total. The first-order valence-corrected chi connectivity index (χ1v) is 7.09. The van der Waals surface area contributed by atoms with Gasteiger partial charge < -0.3 is 26.0 Å². The highest BCUT2D eigenvalue weighted by atomic mass is 16.3. The molecule has 0 radical (unpaired) electrons. The van der Waals surface area contributed by atoms with Crippen LogP contribution in [0.1, 0.15) is 6.42 Å². The van der Waals surface area contributed by atoms with E-state index in [4.69, 9.17) is 5.73 Å². The minimum Gasteiger partial charge on any atom is -0.507 e. The van der Waals surface area contributed by atoms with Gasteiger partial charge >= 0.3 is 0 Å². The predicted octanol–water partition coefficient (Wildman–Crippen LogP) is 0.363. The Kier molecular flexibility index (Phi) is 3.82. The average molecular weight is 302 g/mol. The topological polar surface area (TPSA) is 116 Å². The van der Waals surface area contributed by atoms with Crippen LogP contribution in [0.2, 0.25) is 0 Å². The molecule has 5 N–H and O–H groups in total. The van der Waals surface area contributed by atoms with Crippen LogP contribution in [0, 0.1) is 0 Å². The van der Waals surface area contributed by atoms with Crippen molar-refractivity contribution in [2.45, 2.75) is 18.6 Å². The van der Waals surface area contributed by atoms with Crippen LogP contribution in [0.3, 0.4) is 0 Å². The highest BCUT2D eigenvalue weighted by Crippen LogP contribution is 2.32. The molecule has 1 aliphatic rings. The summed E-state index contributed by atoms with van der Waals surface area (Å²) in [6, 6.07) is 8.59. The number of nitrogens with two attached hydrogens (primary N) is 1. The van der Waals surface area contributed by atoms with Gasteiger partial charge in [0.05, 0.1) is 23.6 Å². The molecule has 1 aromatic heterocycles. The number of aromatic nitrogens is 2. The monoisotopic (exact) mass is 302 g/mol. The first-order valence-electron chi connectivity index (χ1n) is 7.09. The molecule has 2 aromatic rings. The number of aliphatic hydroxyl groups is 2. The van der Waals surface area contributed by atoms with Crippen LogP contribution in [-0.4, -0.2) is 50.8 Å². The largest absolute Gasteiger partial charge is 0.507 e. The molecule has 2 heterocycles.